The first-order chi connectivity index (χ1) is 12.5. The van der Waals surface area contributed by atoms with E-state index < -0.39 is 24.4 Å². The minimum atomic E-state index is -0.692. The molecule has 0 radical (unpaired) electrons. The van der Waals surface area contributed by atoms with Gasteiger partial charge < -0.3 is 9.64 Å². The summed E-state index contributed by atoms with van der Waals surface area (Å²) in [5.74, 6) is -1.97. The lowest BCUT2D eigenvalue weighted by molar-refractivity contribution is -0.152. The Hall–Kier alpha value is -2.61. The summed E-state index contributed by atoms with van der Waals surface area (Å²) in [5, 5.41) is 0.486. The number of hydrogen-bond acceptors (Lipinski definition) is 5. The van der Waals surface area contributed by atoms with Gasteiger partial charge in [0.1, 0.15) is 6.54 Å². The number of halogens is 1. The van der Waals surface area contributed by atoms with Crippen molar-refractivity contribution in [3.8, 4) is 0 Å². The lowest BCUT2D eigenvalue weighted by Crippen LogP contribution is -2.44. The number of hydrogen-bond donors (Lipinski definition) is 2. The van der Waals surface area contributed by atoms with Gasteiger partial charge in [0.25, 0.3) is 11.8 Å². The van der Waals surface area contributed by atoms with Crippen LogP contribution in [0.25, 0.3) is 0 Å². The van der Waals surface area contributed by atoms with E-state index in [0.29, 0.717) is 23.6 Å². The van der Waals surface area contributed by atoms with Crippen LogP contribution in [-0.2, 0) is 19.1 Å². The molecule has 0 saturated carbocycles. The monoisotopic (exact) mass is 381 g/mol. The van der Waals surface area contributed by atoms with Crippen LogP contribution in [0.5, 0.6) is 0 Å². The molecular formula is C17H20ClN3O5. The van der Waals surface area contributed by atoms with E-state index in [1.165, 1.54) is 17.0 Å². The lowest BCUT2D eigenvalue weighted by atomic mass is 10.2. The molecule has 140 valence electrons. The van der Waals surface area contributed by atoms with Crippen molar-refractivity contribution in [2.24, 2.45) is 0 Å². The average Bonchev–Trinajstić information content (AvgIpc) is 2.83. The van der Waals surface area contributed by atoms with Gasteiger partial charge in [-0.05, 0) is 37.1 Å². The molecule has 1 fully saturated rings. The molecule has 1 aromatic rings. The summed E-state index contributed by atoms with van der Waals surface area (Å²) < 4.78 is 4.84. The highest BCUT2D eigenvalue weighted by Crippen LogP contribution is 2.11. The molecule has 0 aromatic heterocycles. The van der Waals surface area contributed by atoms with Gasteiger partial charge in [-0.3, -0.25) is 30.0 Å². The first-order valence-electron chi connectivity index (χ1n) is 8.24. The van der Waals surface area contributed by atoms with Crippen molar-refractivity contribution in [1.82, 2.24) is 15.8 Å². The minimum absolute atomic E-state index is 0.0841. The molecule has 1 saturated heterocycles. The molecule has 2 rings (SSSR count). The molecule has 0 spiro atoms. The van der Waals surface area contributed by atoms with Gasteiger partial charge in [0, 0.05) is 23.6 Å². The Balaban J connectivity index is 1.69. The minimum Gasteiger partial charge on any atom is -0.454 e. The molecule has 1 heterocycles. The van der Waals surface area contributed by atoms with Crippen LogP contribution in [0.1, 0.15) is 36.0 Å². The highest BCUT2D eigenvalue weighted by atomic mass is 35.5. The second kappa shape index (κ2) is 9.76. The summed E-state index contributed by atoms with van der Waals surface area (Å²) >= 11 is 5.73. The van der Waals surface area contributed by atoms with Crippen LogP contribution in [0.15, 0.2) is 24.3 Å². The number of amides is 3. The van der Waals surface area contributed by atoms with E-state index in [2.05, 4.69) is 10.9 Å². The van der Waals surface area contributed by atoms with Crippen LogP contribution in [0.4, 0.5) is 0 Å². The van der Waals surface area contributed by atoms with Crippen molar-refractivity contribution in [2.45, 2.75) is 25.7 Å². The maximum atomic E-state index is 11.8. The SMILES string of the molecule is O=C(COC(=O)CN1CCCCCC1=O)NNC(=O)c1ccc(Cl)cc1. The highest BCUT2D eigenvalue weighted by molar-refractivity contribution is 6.30. The fourth-order valence-electron chi connectivity index (χ4n) is 2.39. The maximum Gasteiger partial charge on any atom is 0.326 e. The smallest absolute Gasteiger partial charge is 0.326 e. The van der Waals surface area contributed by atoms with Crippen LogP contribution in [0, 0.1) is 0 Å². The van der Waals surface area contributed by atoms with E-state index in [-0.39, 0.29) is 12.5 Å². The van der Waals surface area contributed by atoms with Crippen molar-refractivity contribution < 1.29 is 23.9 Å². The Morgan fingerprint density at radius 2 is 1.81 bits per heavy atom. The van der Waals surface area contributed by atoms with Crippen LogP contribution in [0.3, 0.4) is 0 Å². The summed E-state index contributed by atoms with van der Waals surface area (Å²) in [5.41, 5.74) is 4.66. The zero-order chi connectivity index (χ0) is 18.9. The Labute approximate surface area is 155 Å². The van der Waals surface area contributed by atoms with Crippen LogP contribution in [0.2, 0.25) is 5.02 Å². The van der Waals surface area contributed by atoms with Gasteiger partial charge in [0.05, 0.1) is 0 Å². The van der Waals surface area contributed by atoms with E-state index in [9.17, 15) is 19.2 Å². The molecule has 2 N–H and O–H groups in total. The van der Waals surface area contributed by atoms with Crippen molar-refractivity contribution in [3.05, 3.63) is 34.9 Å². The van der Waals surface area contributed by atoms with Crippen molar-refractivity contribution in [1.29, 1.82) is 0 Å². The summed E-state index contributed by atoms with van der Waals surface area (Å²) in [6.07, 6.45) is 3.04. The molecule has 0 atom stereocenters. The number of esters is 1. The van der Waals surface area contributed by atoms with Gasteiger partial charge >= 0.3 is 5.97 Å². The van der Waals surface area contributed by atoms with E-state index in [1.54, 1.807) is 12.1 Å². The topological polar surface area (TPSA) is 105 Å². The Morgan fingerprint density at radius 1 is 1.08 bits per heavy atom. The third-order valence-corrected chi connectivity index (χ3v) is 4.03. The normalized spacial score (nSPS) is 14.3. The third kappa shape index (κ3) is 6.36. The van der Waals surface area contributed by atoms with Gasteiger partial charge in [0.2, 0.25) is 5.91 Å². The fraction of sp³-hybridized carbons (Fsp3) is 0.412. The molecule has 3 amide bonds. The van der Waals surface area contributed by atoms with Crippen LogP contribution < -0.4 is 10.9 Å². The molecule has 0 unspecified atom stereocenters. The number of nitrogens with one attached hydrogen (secondary N) is 2. The Morgan fingerprint density at radius 3 is 2.54 bits per heavy atom. The van der Waals surface area contributed by atoms with E-state index >= 15 is 0 Å². The van der Waals surface area contributed by atoms with E-state index in [0.717, 1.165) is 19.3 Å². The highest BCUT2D eigenvalue weighted by Gasteiger charge is 2.20. The molecular weight excluding hydrogens is 362 g/mol. The summed E-state index contributed by atoms with van der Waals surface area (Å²) in [4.78, 5) is 48.5. The molecule has 1 aliphatic heterocycles. The molecule has 1 aromatic carbocycles. The number of carbonyl (C=O) groups is 4. The number of rotatable bonds is 5. The predicted octanol–water partition coefficient (Wildman–Crippen LogP) is 1.05. The summed E-state index contributed by atoms with van der Waals surface area (Å²) in [6.45, 7) is -0.220. The second-order valence-corrected chi connectivity index (χ2v) is 6.23. The molecule has 0 aliphatic carbocycles. The number of carbonyl (C=O) groups excluding carboxylic acids is 4. The maximum absolute atomic E-state index is 11.8. The van der Waals surface area contributed by atoms with Gasteiger partial charge in [-0.25, -0.2) is 0 Å². The first kappa shape index (κ1) is 19.7. The van der Waals surface area contributed by atoms with Crippen molar-refractivity contribution in [3.63, 3.8) is 0 Å². The van der Waals surface area contributed by atoms with E-state index in [4.69, 9.17) is 16.3 Å². The van der Waals surface area contributed by atoms with Crippen molar-refractivity contribution in [2.75, 3.05) is 19.7 Å². The predicted molar refractivity (Wildman–Crippen MR) is 93.1 cm³/mol. The number of ether oxygens (including phenoxy) is 1. The lowest BCUT2D eigenvalue weighted by Gasteiger charge is -2.19. The number of hydrazine groups is 1. The quantitative estimate of drug-likeness (QED) is 0.586. The number of nitrogens with zero attached hydrogens (tertiary/aromatic N) is 1. The van der Waals surface area contributed by atoms with Crippen LogP contribution in [-0.4, -0.2) is 48.3 Å². The molecule has 0 bridgehead atoms. The van der Waals surface area contributed by atoms with E-state index in [1.807, 2.05) is 0 Å². The molecule has 8 nitrogen and oxygen atoms in total. The van der Waals surface area contributed by atoms with Gasteiger partial charge in [-0.1, -0.05) is 18.0 Å². The van der Waals surface area contributed by atoms with Gasteiger partial charge in [-0.2, -0.15) is 0 Å². The second-order valence-electron chi connectivity index (χ2n) is 5.80. The largest absolute Gasteiger partial charge is 0.454 e. The summed E-state index contributed by atoms with van der Waals surface area (Å²) in [6, 6.07) is 6.10. The standard InChI is InChI=1S/C17H20ClN3O5/c18-13-7-5-12(6-8-13)17(25)20-19-14(22)11-26-16(24)10-21-9-3-1-2-4-15(21)23/h5-8H,1-4,9-11H2,(H,19,22)(H,20,25). The molecule has 9 heteroatoms. The average molecular weight is 382 g/mol. The molecule has 26 heavy (non-hydrogen) atoms. The van der Waals surface area contributed by atoms with Gasteiger partial charge in [-0.15, -0.1) is 0 Å². The third-order valence-electron chi connectivity index (χ3n) is 3.78. The fourth-order valence-corrected chi connectivity index (χ4v) is 2.52. The van der Waals surface area contributed by atoms with Gasteiger partial charge in [0.15, 0.2) is 6.61 Å². The Bertz CT molecular complexity index is 677. The van der Waals surface area contributed by atoms with Crippen LogP contribution >= 0.6 is 11.6 Å². The first-order valence-corrected chi connectivity index (χ1v) is 8.61. The molecule has 1 aliphatic rings. The van der Waals surface area contributed by atoms with Crippen molar-refractivity contribution >= 4 is 35.3 Å². The summed E-state index contributed by atoms with van der Waals surface area (Å²) in [7, 11) is 0. The zero-order valence-corrected chi connectivity index (χ0v) is 14.9. The number of likely N-dealkylation sites (tertiary alicyclic amines) is 1. The zero-order valence-electron chi connectivity index (χ0n) is 14.1. The Kier molecular flexibility index (Phi) is 7.40. The number of benzene rings is 1.